The smallest absolute Gasteiger partial charge is 0.213 e. The Balaban J connectivity index is 1.76. The second kappa shape index (κ2) is 9.58. The highest BCUT2D eigenvalue weighted by Crippen LogP contribution is 2.27. The first kappa shape index (κ1) is 18.7. The number of pyridine rings is 1. The van der Waals surface area contributed by atoms with Gasteiger partial charge >= 0.3 is 0 Å². The lowest BCUT2D eigenvalue weighted by Gasteiger charge is -2.09. The van der Waals surface area contributed by atoms with E-state index >= 15 is 0 Å². The van der Waals surface area contributed by atoms with Gasteiger partial charge in [-0.25, -0.2) is 9.98 Å². The molecule has 0 aliphatic carbocycles. The van der Waals surface area contributed by atoms with Gasteiger partial charge in [0.1, 0.15) is 6.61 Å². The van der Waals surface area contributed by atoms with Crippen LogP contribution in [0, 0.1) is 0 Å². The Bertz CT molecular complexity index is 708. The van der Waals surface area contributed by atoms with E-state index in [2.05, 4.69) is 15.3 Å². The minimum atomic E-state index is 0.336. The standard InChI is InChI=1S/C17H21ClN4O3/c1-23-14-5-3-12(9-15(14)24-2)10-22-17(19)20-7-8-25-16-6-4-13(18)11-21-16/h3-6,9,11H,7-8,10H2,1-2H3,(H3,19,20,22). The molecule has 0 unspecified atom stereocenters. The Morgan fingerprint density at radius 3 is 2.68 bits per heavy atom. The van der Waals surface area contributed by atoms with Crippen LogP contribution in [0.1, 0.15) is 5.56 Å². The Kier molecular flexibility index (Phi) is 7.16. The molecule has 2 rings (SSSR count). The van der Waals surface area contributed by atoms with Crippen molar-refractivity contribution in [3.63, 3.8) is 0 Å². The topological polar surface area (TPSA) is 91.0 Å². The van der Waals surface area contributed by atoms with Crippen molar-refractivity contribution in [3.8, 4) is 17.4 Å². The molecule has 0 bridgehead atoms. The van der Waals surface area contributed by atoms with Crippen LogP contribution >= 0.6 is 11.6 Å². The number of halogens is 1. The van der Waals surface area contributed by atoms with Crippen LogP contribution in [0.3, 0.4) is 0 Å². The average molecular weight is 365 g/mol. The van der Waals surface area contributed by atoms with E-state index in [1.54, 1.807) is 26.4 Å². The van der Waals surface area contributed by atoms with Gasteiger partial charge in [-0.05, 0) is 23.8 Å². The van der Waals surface area contributed by atoms with Crippen molar-refractivity contribution in [1.82, 2.24) is 10.3 Å². The molecule has 7 nitrogen and oxygen atoms in total. The molecule has 1 aromatic carbocycles. The van der Waals surface area contributed by atoms with Crippen molar-refractivity contribution < 1.29 is 14.2 Å². The Morgan fingerprint density at radius 1 is 1.20 bits per heavy atom. The molecule has 8 heteroatoms. The van der Waals surface area contributed by atoms with E-state index in [0.29, 0.717) is 48.1 Å². The number of aliphatic imine (C=N–C) groups is 1. The zero-order valence-corrected chi connectivity index (χ0v) is 14.9. The number of hydrogen-bond donors (Lipinski definition) is 2. The second-order valence-corrected chi connectivity index (χ2v) is 5.42. The molecule has 0 amide bonds. The van der Waals surface area contributed by atoms with Gasteiger partial charge in [-0.2, -0.15) is 0 Å². The van der Waals surface area contributed by atoms with Crippen LogP contribution in [0.5, 0.6) is 17.4 Å². The first-order chi connectivity index (χ1) is 12.1. The third-order valence-corrected chi connectivity index (χ3v) is 3.46. The summed E-state index contributed by atoms with van der Waals surface area (Å²) >= 11 is 5.76. The summed E-state index contributed by atoms with van der Waals surface area (Å²) in [7, 11) is 3.19. The fourth-order valence-corrected chi connectivity index (χ4v) is 2.11. The van der Waals surface area contributed by atoms with E-state index in [0.717, 1.165) is 5.56 Å². The lowest BCUT2D eigenvalue weighted by molar-refractivity contribution is 0.310. The molecule has 0 spiro atoms. The summed E-state index contributed by atoms with van der Waals surface area (Å²) in [6.07, 6.45) is 1.53. The van der Waals surface area contributed by atoms with Gasteiger partial charge in [-0.1, -0.05) is 17.7 Å². The van der Waals surface area contributed by atoms with Gasteiger partial charge in [-0.3, -0.25) is 0 Å². The number of ether oxygens (including phenoxy) is 3. The molecule has 1 heterocycles. The first-order valence-corrected chi connectivity index (χ1v) is 7.99. The number of nitrogens with one attached hydrogen (secondary N) is 1. The number of rotatable bonds is 8. The number of guanidine groups is 1. The zero-order chi connectivity index (χ0) is 18.1. The highest BCUT2D eigenvalue weighted by atomic mass is 35.5. The quantitative estimate of drug-likeness (QED) is 0.424. The number of aromatic nitrogens is 1. The number of benzene rings is 1. The minimum Gasteiger partial charge on any atom is -0.493 e. The molecule has 25 heavy (non-hydrogen) atoms. The molecular weight excluding hydrogens is 344 g/mol. The molecule has 134 valence electrons. The molecule has 0 aliphatic rings. The molecule has 0 saturated heterocycles. The van der Waals surface area contributed by atoms with Crippen molar-refractivity contribution in [3.05, 3.63) is 47.1 Å². The fourth-order valence-electron chi connectivity index (χ4n) is 1.99. The van der Waals surface area contributed by atoms with E-state index in [1.807, 2.05) is 18.2 Å². The normalized spacial score (nSPS) is 11.1. The molecule has 0 fully saturated rings. The predicted molar refractivity (Wildman–Crippen MR) is 97.6 cm³/mol. The van der Waals surface area contributed by atoms with Crippen LogP contribution in [0.4, 0.5) is 0 Å². The van der Waals surface area contributed by atoms with E-state index < -0.39 is 0 Å². The van der Waals surface area contributed by atoms with Crippen LogP contribution in [-0.2, 0) is 6.54 Å². The van der Waals surface area contributed by atoms with Crippen molar-refractivity contribution in [2.75, 3.05) is 27.4 Å². The summed E-state index contributed by atoms with van der Waals surface area (Å²) in [5, 5.41) is 3.55. The van der Waals surface area contributed by atoms with E-state index in [9.17, 15) is 0 Å². The van der Waals surface area contributed by atoms with Crippen molar-refractivity contribution >= 4 is 17.6 Å². The van der Waals surface area contributed by atoms with Crippen LogP contribution in [0.2, 0.25) is 5.02 Å². The largest absolute Gasteiger partial charge is 0.493 e. The van der Waals surface area contributed by atoms with Crippen molar-refractivity contribution in [2.45, 2.75) is 6.54 Å². The Hall–Kier alpha value is -2.67. The molecule has 3 N–H and O–H groups in total. The number of hydrogen-bond acceptors (Lipinski definition) is 5. The van der Waals surface area contributed by atoms with Gasteiger partial charge in [0.2, 0.25) is 5.88 Å². The summed E-state index contributed by atoms with van der Waals surface area (Å²) < 4.78 is 15.9. The second-order valence-electron chi connectivity index (χ2n) is 4.98. The lowest BCUT2D eigenvalue weighted by Crippen LogP contribution is -2.34. The van der Waals surface area contributed by atoms with Gasteiger partial charge < -0.3 is 25.3 Å². The molecule has 1 aromatic heterocycles. The summed E-state index contributed by atoms with van der Waals surface area (Å²) in [4.78, 5) is 8.32. The molecule has 0 aliphatic heterocycles. The van der Waals surface area contributed by atoms with E-state index in [-0.39, 0.29) is 0 Å². The van der Waals surface area contributed by atoms with Crippen LogP contribution in [0.15, 0.2) is 41.5 Å². The number of nitrogens with two attached hydrogens (primary N) is 1. The first-order valence-electron chi connectivity index (χ1n) is 7.61. The Morgan fingerprint density at radius 2 is 2.00 bits per heavy atom. The molecule has 2 aromatic rings. The third-order valence-electron chi connectivity index (χ3n) is 3.24. The highest BCUT2D eigenvalue weighted by Gasteiger charge is 2.04. The Labute approximate surface area is 151 Å². The molecular formula is C17H21ClN4O3. The minimum absolute atomic E-state index is 0.336. The van der Waals surface area contributed by atoms with Gasteiger partial charge in [0.15, 0.2) is 17.5 Å². The highest BCUT2D eigenvalue weighted by molar-refractivity contribution is 6.30. The average Bonchev–Trinajstić information content (AvgIpc) is 2.64. The lowest BCUT2D eigenvalue weighted by atomic mass is 10.2. The molecule has 0 atom stereocenters. The van der Waals surface area contributed by atoms with E-state index in [1.165, 1.54) is 6.20 Å². The fraction of sp³-hybridized carbons (Fsp3) is 0.294. The summed E-state index contributed by atoms with van der Waals surface area (Å²) in [5.41, 5.74) is 6.80. The van der Waals surface area contributed by atoms with Gasteiger partial charge in [0.25, 0.3) is 0 Å². The monoisotopic (exact) mass is 364 g/mol. The van der Waals surface area contributed by atoms with Crippen molar-refractivity contribution in [2.24, 2.45) is 10.7 Å². The third kappa shape index (κ3) is 6.04. The van der Waals surface area contributed by atoms with Crippen LogP contribution < -0.4 is 25.3 Å². The summed E-state index contributed by atoms with van der Waals surface area (Å²) in [5.74, 6) is 2.18. The van der Waals surface area contributed by atoms with Crippen LogP contribution in [0.25, 0.3) is 0 Å². The number of methoxy groups -OCH3 is 2. The van der Waals surface area contributed by atoms with Crippen LogP contribution in [-0.4, -0.2) is 38.3 Å². The van der Waals surface area contributed by atoms with Gasteiger partial charge in [0.05, 0.1) is 32.3 Å². The SMILES string of the molecule is COc1ccc(CN=C(N)NCCOc2ccc(Cl)cn2)cc1OC. The number of nitrogens with zero attached hydrogens (tertiary/aromatic N) is 2. The predicted octanol–water partition coefficient (Wildman–Crippen LogP) is 2.24. The molecule has 0 saturated carbocycles. The summed E-state index contributed by atoms with van der Waals surface area (Å²) in [6, 6.07) is 9.03. The maximum atomic E-state index is 5.84. The van der Waals surface area contributed by atoms with Crippen molar-refractivity contribution in [1.29, 1.82) is 0 Å². The van der Waals surface area contributed by atoms with Gasteiger partial charge in [-0.15, -0.1) is 0 Å². The van der Waals surface area contributed by atoms with E-state index in [4.69, 9.17) is 31.5 Å². The zero-order valence-electron chi connectivity index (χ0n) is 14.2. The summed E-state index contributed by atoms with van der Waals surface area (Å²) in [6.45, 7) is 1.34. The maximum absolute atomic E-state index is 5.84. The van der Waals surface area contributed by atoms with Gasteiger partial charge in [0, 0.05) is 12.3 Å². The maximum Gasteiger partial charge on any atom is 0.213 e. The molecule has 0 radical (unpaired) electrons.